The third-order valence-electron chi connectivity index (χ3n) is 2.99. The first-order valence-electron chi connectivity index (χ1n) is 8.05. The molecule has 0 bridgehead atoms. The van der Waals surface area contributed by atoms with E-state index in [0.717, 1.165) is 12.8 Å². The summed E-state index contributed by atoms with van der Waals surface area (Å²) < 4.78 is 0. The molecule has 0 saturated carbocycles. The van der Waals surface area contributed by atoms with Gasteiger partial charge in [0.15, 0.2) is 0 Å². The third-order valence-corrected chi connectivity index (χ3v) is 2.99. The zero-order valence-corrected chi connectivity index (χ0v) is 16.0. The van der Waals surface area contributed by atoms with E-state index in [1.54, 1.807) is 0 Å². The molecule has 0 amide bonds. The molecule has 116 valence electrons. The second-order valence-electron chi connectivity index (χ2n) is 5.08. The number of carbonyl (C=O) groups is 1. The standard InChI is InChI=1S/C12H26N.C4H8O2.Na/c1-2-3-4-5-6-7-8-9-10-11-12-13;1-2-3-4(5)6;/h13H,2-12H2,1H3;2-3H2,1H3,(H,5,6);/q-1;;+1. The Morgan fingerprint density at radius 1 is 0.800 bits per heavy atom. The minimum Gasteiger partial charge on any atom is -0.677 e. The largest absolute Gasteiger partial charge is 1.00 e. The summed E-state index contributed by atoms with van der Waals surface area (Å²) >= 11 is 0. The summed E-state index contributed by atoms with van der Waals surface area (Å²) in [5.41, 5.74) is 7.00. The van der Waals surface area contributed by atoms with Crippen molar-refractivity contribution in [1.82, 2.24) is 0 Å². The van der Waals surface area contributed by atoms with Crippen LogP contribution in [0.25, 0.3) is 5.73 Å². The van der Waals surface area contributed by atoms with Gasteiger partial charge in [0.05, 0.1) is 0 Å². The summed E-state index contributed by atoms with van der Waals surface area (Å²) in [6.45, 7) is 4.73. The van der Waals surface area contributed by atoms with E-state index in [1.165, 1.54) is 57.8 Å². The van der Waals surface area contributed by atoms with Crippen molar-refractivity contribution in [2.75, 3.05) is 6.54 Å². The van der Waals surface area contributed by atoms with Crippen LogP contribution in [0.3, 0.4) is 0 Å². The van der Waals surface area contributed by atoms with Crippen LogP contribution in [0.2, 0.25) is 0 Å². The summed E-state index contributed by atoms with van der Waals surface area (Å²) in [5, 5.41) is 7.91. The van der Waals surface area contributed by atoms with Gasteiger partial charge in [-0.15, -0.1) is 0 Å². The number of nitrogens with one attached hydrogen (secondary N) is 1. The number of aliphatic carboxylic acids is 1. The smallest absolute Gasteiger partial charge is 0.677 e. The van der Waals surface area contributed by atoms with E-state index < -0.39 is 5.97 Å². The minimum atomic E-state index is -0.711. The van der Waals surface area contributed by atoms with Gasteiger partial charge in [0.1, 0.15) is 0 Å². The fourth-order valence-electron chi connectivity index (χ4n) is 1.83. The molecule has 20 heavy (non-hydrogen) atoms. The molecule has 2 N–H and O–H groups in total. The predicted octanol–water partition coefficient (Wildman–Crippen LogP) is 2.83. The van der Waals surface area contributed by atoms with Gasteiger partial charge in [-0.05, 0) is 6.42 Å². The molecule has 3 nitrogen and oxygen atoms in total. The Morgan fingerprint density at radius 3 is 1.45 bits per heavy atom. The van der Waals surface area contributed by atoms with Crippen molar-refractivity contribution in [3.63, 3.8) is 0 Å². The Hall–Kier alpha value is 0.430. The van der Waals surface area contributed by atoms with E-state index >= 15 is 0 Å². The van der Waals surface area contributed by atoms with Crippen LogP contribution in [0.5, 0.6) is 0 Å². The van der Waals surface area contributed by atoms with E-state index in [0.29, 0.717) is 13.0 Å². The fraction of sp³-hybridized carbons (Fsp3) is 0.938. The van der Waals surface area contributed by atoms with E-state index in [9.17, 15) is 4.79 Å². The number of carboxylic acids is 1. The second kappa shape index (κ2) is 24.4. The molecule has 4 heteroatoms. The molecule has 0 aliphatic carbocycles. The summed E-state index contributed by atoms with van der Waals surface area (Å²) in [6.07, 6.45) is 14.6. The normalized spacial score (nSPS) is 9.35. The van der Waals surface area contributed by atoms with Crippen LogP contribution < -0.4 is 29.6 Å². The Bertz CT molecular complexity index is 168. The Morgan fingerprint density at radius 2 is 1.20 bits per heavy atom. The molecule has 0 aromatic rings. The molecule has 0 rings (SSSR count). The Labute approximate surface area is 148 Å². The molecule has 0 aromatic carbocycles. The first kappa shape index (κ1) is 25.4. The van der Waals surface area contributed by atoms with Gasteiger partial charge >= 0.3 is 35.5 Å². The quantitative estimate of drug-likeness (QED) is 0.444. The number of hydrogen-bond donors (Lipinski definition) is 1. The molecular formula is C16H34NNaO2. The fourth-order valence-corrected chi connectivity index (χ4v) is 1.83. The average Bonchev–Trinajstić information content (AvgIpc) is 2.37. The van der Waals surface area contributed by atoms with Crippen LogP contribution in [0, 0.1) is 0 Å². The maximum absolute atomic E-state index is 9.60. The number of carboxylic acid groups (broad SMARTS) is 1. The van der Waals surface area contributed by atoms with Gasteiger partial charge in [-0.2, -0.15) is 6.54 Å². The van der Waals surface area contributed by atoms with Crippen molar-refractivity contribution in [3.05, 3.63) is 5.73 Å². The van der Waals surface area contributed by atoms with Gasteiger partial charge in [-0.25, -0.2) is 0 Å². The van der Waals surface area contributed by atoms with E-state index in [2.05, 4.69) is 6.92 Å². The minimum absolute atomic E-state index is 0. The maximum atomic E-state index is 9.60. The zero-order chi connectivity index (χ0) is 14.8. The van der Waals surface area contributed by atoms with Gasteiger partial charge < -0.3 is 10.8 Å². The average molecular weight is 295 g/mol. The molecule has 0 unspecified atom stereocenters. The van der Waals surface area contributed by atoms with Gasteiger partial charge in [0.2, 0.25) is 0 Å². The molecule has 0 saturated heterocycles. The van der Waals surface area contributed by atoms with E-state index in [-0.39, 0.29) is 29.6 Å². The van der Waals surface area contributed by atoms with Crippen molar-refractivity contribution >= 4 is 5.97 Å². The van der Waals surface area contributed by atoms with Gasteiger partial charge in [0, 0.05) is 6.42 Å². The SMILES string of the molecule is CCCC(=O)O.CCCCCCCCCCCC[NH-].[Na+]. The molecule has 0 aromatic heterocycles. The summed E-state index contributed by atoms with van der Waals surface area (Å²) in [4.78, 5) is 9.60. The molecule has 0 aliphatic heterocycles. The Kier molecular flexibility index (Phi) is 31.0. The maximum Gasteiger partial charge on any atom is 1.00 e. The Balaban J connectivity index is -0.000000352. The molecule has 0 radical (unpaired) electrons. The number of hydrogen-bond acceptors (Lipinski definition) is 1. The van der Waals surface area contributed by atoms with Crippen LogP contribution in [0.4, 0.5) is 0 Å². The second-order valence-corrected chi connectivity index (χ2v) is 5.08. The van der Waals surface area contributed by atoms with Crippen LogP contribution in [-0.2, 0) is 4.79 Å². The molecule has 0 aliphatic rings. The van der Waals surface area contributed by atoms with Crippen molar-refractivity contribution in [1.29, 1.82) is 0 Å². The number of rotatable bonds is 12. The molecule has 0 fully saturated rings. The van der Waals surface area contributed by atoms with Crippen molar-refractivity contribution in [3.8, 4) is 0 Å². The van der Waals surface area contributed by atoms with E-state index in [4.69, 9.17) is 10.8 Å². The molecule has 0 spiro atoms. The topological polar surface area (TPSA) is 61.1 Å². The summed E-state index contributed by atoms with van der Waals surface area (Å²) in [6, 6.07) is 0. The first-order valence-corrected chi connectivity index (χ1v) is 8.05. The molecule has 0 heterocycles. The number of unbranched alkanes of at least 4 members (excludes halogenated alkanes) is 9. The molecule has 0 atom stereocenters. The zero-order valence-electron chi connectivity index (χ0n) is 14.0. The summed E-state index contributed by atoms with van der Waals surface area (Å²) in [5.74, 6) is -0.711. The van der Waals surface area contributed by atoms with Gasteiger partial charge in [-0.3, -0.25) is 4.79 Å². The van der Waals surface area contributed by atoms with Gasteiger partial charge in [0.25, 0.3) is 0 Å². The summed E-state index contributed by atoms with van der Waals surface area (Å²) in [7, 11) is 0. The predicted molar refractivity (Wildman–Crippen MR) is 83.6 cm³/mol. The van der Waals surface area contributed by atoms with Crippen LogP contribution in [0.1, 0.15) is 90.9 Å². The molecular weight excluding hydrogens is 261 g/mol. The third kappa shape index (κ3) is 31.0. The van der Waals surface area contributed by atoms with Crippen molar-refractivity contribution in [2.45, 2.75) is 90.9 Å². The monoisotopic (exact) mass is 295 g/mol. The first-order chi connectivity index (χ1) is 9.18. The van der Waals surface area contributed by atoms with Gasteiger partial charge in [-0.1, -0.05) is 78.1 Å². The van der Waals surface area contributed by atoms with E-state index in [1.807, 2.05) is 6.92 Å². The van der Waals surface area contributed by atoms with Crippen molar-refractivity contribution < 1.29 is 39.5 Å². The van der Waals surface area contributed by atoms with Crippen molar-refractivity contribution in [2.24, 2.45) is 0 Å². The van der Waals surface area contributed by atoms with Crippen LogP contribution in [0.15, 0.2) is 0 Å². The van der Waals surface area contributed by atoms with Crippen LogP contribution >= 0.6 is 0 Å². The van der Waals surface area contributed by atoms with Crippen LogP contribution in [-0.4, -0.2) is 17.6 Å².